The molecule has 0 radical (unpaired) electrons. The Morgan fingerprint density at radius 2 is 2.15 bits per heavy atom. The van der Waals surface area contributed by atoms with Crippen molar-refractivity contribution in [2.24, 2.45) is 0 Å². The summed E-state index contributed by atoms with van der Waals surface area (Å²) in [4.78, 5) is 34.6. The van der Waals surface area contributed by atoms with E-state index in [1.165, 1.54) is 22.3 Å². The van der Waals surface area contributed by atoms with Crippen LogP contribution in [0.4, 0.5) is 10.8 Å². The Labute approximate surface area is 198 Å². The number of fused-ring (bicyclic) bond motifs is 1. The molecule has 0 saturated heterocycles. The predicted molar refractivity (Wildman–Crippen MR) is 128 cm³/mol. The first-order valence-corrected chi connectivity index (χ1v) is 11.2. The number of thiazole rings is 1. The van der Waals surface area contributed by atoms with E-state index in [1.807, 2.05) is 10.8 Å². The average molecular weight is 486 g/mol. The molecule has 0 bridgehead atoms. The Bertz CT molecular complexity index is 1320. The number of aromatic nitrogens is 3. The summed E-state index contributed by atoms with van der Waals surface area (Å²) in [7, 11) is 1.54. The van der Waals surface area contributed by atoms with Gasteiger partial charge in [-0.1, -0.05) is 29.0 Å². The predicted octanol–water partition coefficient (Wildman–Crippen LogP) is 5.11. The number of rotatable bonds is 8. The molecule has 4 aromatic rings. The summed E-state index contributed by atoms with van der Waals surface area (Å²) in [5.74, 6) is 0.173. The van der Waals surface area contributed by atoms with Crippen LogP contribution in [0.3, 0.4) is 0 Å². The molecule has 170 valence electrons. The molecule has 11 heteroatoms. The molecule has 0 aliphatic carbocycles. The number of anilines is 1. The number of halogens is 1. The summed E-state index contributed by atoms with van der Waals surface area (Å²) in [6, 6.07) is 7.92. The minimum atomic E-state index is -0.488. The molecule has 0 N–H and O–H groups in total. The third-order valence-corrected chi connectivity index (χ3v) is 6.69. The van der Waals surface area contributed by atoms with Gasteiger partial charge in [-0.25, -0.2) is 9.97 Å². The van der Waals surface area contributed by atoms with Gasteiger partial charge >= 0.3 is 0 Å². The highest BCUT2D eigenvalue weighted by atomic mass is 35.5. The molecule has 0 spiro atoms. The first-order valence-electron chi connectivity index (χ1n) is 10.0. The van der Waals surface area contributed by atoms with E-state index in [-0.39, 0.29) is 17.2 Å². The second kappa shape index (κ2) is 9.55. The number of ether oxygens (including phenoxy) is 1. The van der Waals surface area contributed by atoms with Crippen LogP contribution in [0.5, 0.6) is 5.75 Å². The summed E-state index contributed by atoms with van der Waals surface area (Å²) in [5.41, 5.74) is 1.16. The van der Waals surface area contributed by atoms with E-state index in [4.69, 9.17) is 16.3 Å². The molecule has 0 atom stereocenters. The number of methoxy groups -OCH3 is 1. The number of aryl methyl sites for hydroxylation is 2. The Hall–Kier alpha value is -3.50. The lowest BCUT2D eigenvalue weighted by molar-refractivity contribution is -0.385. The lowest BCUT2D eigenvalue weighted by Gasteiger charge is -2.20. The maximum Gasteiger partial charge on any atom is 0.273 e. The summed E-state index contributed by atoms with van der Waals surface area (Å²) >= 11 is 7.65. The van der Waals surface area contributed by atoms with Gasteiger partial charge in [0.05, 0.1) is 28.1 Å². The largest absolute Gasteiger partial charge is 0.494 e. The van der Waals surface area contributed by atoms with Crippen molar-refractivity contribution in [2.45, 2.75) is 19.9 Å². The average Bonchev–Trinajstić information content (AvgIpc) is 3.47. The number of nitro groups is 1. The Kier molecular flexibility index (Phi) is 6.57. The fourth-order valence-corrected chi connectivity index (χ4v) is 4.71. The van der Waals surface area contributed by atoms with Crippen molar-refractivity contribution >= 4 is 49.9 Å². The number of nitrogens with zero attached hydrogens (tertiary/aromatic N) is 5. The van der Waals surface area contributed by atoms with Gasteiger partial charge in [0.1, 0.15) is 11.3 Å². The van der Waals surface area contributed by atoms with Crippen LogP contribution < -0.4 is 9.64 Å². The second-order valence-corrected chi connectivity index (χ2v) is 8.68. The molecule has 1 amide bonds. The van der Waals surface area contributed by atoms with Crippen LogP contribution in [0.15, 0.2) is 49.1 Å². The molecule has 2 heterocycles. The minimum Gasteiger partial charge on any atom is -0.494 e. The van der Waals surface area contributed by atoms with Crippen LogP contribution in [0, 0.1) is 17.0 Å². The van der Waals surface area contributed by atoms with Crippen molar-refractivity contribution in [1.29, 1.82) is 0 Å². The van der Waals surface area contributed by atoms with Crippen LogP contribution in [0.2, 0.25) is 5.02 Å². The van der Waals surface area contributed by atoms with Gasteiger partial charge < -0.3 is 9.30 Å². The van der Waals surface area contributed by atoms with E-state index in [0.717, 1.165) is 0 Å². The van der Waals surface area contributed by atoms with Crippen molar-refractivity contribution in [3.63, 3.8) is 0 Å². The fraction of sp³-hybridized carbons (Fsp3) is 0.227. The van der Waals surface area contributed by atoms with Gasteiger partial charge in [0.25, 0.3) is 11.6 Å². The maximum atomic E-state index is 13.5. The van der Waals surface area contributed by atoms with E-state index >= 15 is 0 Å². The van der Waals surface area contributed by atoms with Crippen LogP contribution in [0.1, 0.15) is 22.3 Å². The first kappa shape index (κ1) is 22.7. The van der Waals surface area contributed by atoms with Crippen molar-refractivity contribution < 1.29 is 14.5 Å². The molecule has 9 nitrogen and oxygen atoms in total. The van der Waals surface area contributed by atoms with Crippen molar-refractivity contribution in [1.82, 2.24) is 14.5 Å². The molecule has 0 unspecified atom stereocenters. The van der Waals surface area contributed by atoms with Gasteiger partial charge in [0.15, 0.2) is 5.13 Å². The summed E-state index contributed by atoms with van der Waals surface area (Å²) in [5, 5.41) is 12.3. The molecule has 0 aliphatic heterocycles. The number of nitro benzene ring substituents is 1. The van der Waals surface area contributed by atoms with Gasteiger partial charge in [-0.15, -0.1) is 0 Å². The number of benzene rings is 2. The van der Waals surface area contributed by atoms with Gasteiger partial charge in [-0.2, -0.15) is 0 Å². The van der Waals surface area contributed by atoms with Crippen LogP contribution in [-0.4, -0.2) is 39.0 Å². The van der Waals surface area contributed by atoms with Gasteiger partial charge in [0, 0.05) is 42.7 Å². The lowest BCUT2D eigenvalue weighted by Crippen LogP contribution is -2.32. The number of carbonyl (C=O) groups excluding carboxylic acids is 1. The van der Waals surface area contributed by atoms with Crippen molar-refractivity contribution in [3.05, 3.63) is 75.3 Å². The highest BCUT2D eigenvalue weighted by molar-refractivity contribution is 7.23. The Morgan fingerprint density at radius 3 is 2.85 bits per heavy atom. The van der Waals surface area contributed by atoms with E-state index in [0.29, 0.717) is 51.2 Å². The molecule has 0 aliphatic rings. The number of hydrogen-bond donors (Lipinski definition) is 0. The summed E-state index contributed by atoms with van der Waals surface area (Å²) in [6.07, 6.45) is 5.86. The molecular weight excluding hydrogens is 466 g/mol. The Morgan fingerprint density at radius 1 is 1.33 bits per heavy atom. The van der Waals surface area contributed by atoms with Crippen LogP contribution in [-0.2, 0) is 6.54 Å². The van der Waals surface area contributed by atoms with Crippen molar-refractivity contribution in [3.8, 4) is 5.75 Å². The van der Waals surface area contributed by atoms with E-state index < -0.39 is 4.92 Å². The third kappa shape index (κ3) is 4.67. The molecule has 33 heavy (non-hydrogen) atoms. The summed E-state index contributed by atoms with van der Waals surface area (Å²) < 4.78 is 8.02. The third-order valence-electron chi connectivity index (χ3n) is 5.15. The standard InChI is InChI=1S/C22H20ClN5O4S/c1-14-4-5-15(12-17(14)28(30)31)21(29)27(10-3-9-26-11-8-24-13-26)22-25-19-18(32-2)7-6-16(23)20(19)33-22/h4-8,11-13H,3,9-10H2,1-2H3. The number of carbonyl (C=O) groups is 1. The maximum absolute atomic E-state index is 13.5. The fourth-order valence-electron chi connectivity index (χ4n) is 3.43. The highest BCUT2D eigenvalue weighted by Gasteiger charge is 2.25. The van der Waals surface area contributed by atoms with E-state index in [2.05, 4.69) is 9.97 Å². The van der Waals surface area contributed by atoms with E-state index in [9.17, 15) is 14.9 Å². The number of imidazole rings is 1. The van der Waals surface area contributed by atoms with Gasteiger partial charge in [0.2, 0.25) is 0 Å². The topological polar surface area (TPSA) is 103 Å². The monoisotopic (exact) mass is 485 g/mol. The number of hydrogen-bond acceptors (Lipinski definition) is 7. The molecule has 2 aromatic carbocycles. The van der Waals surface area contributed by atoms with E-state index in [1.54, 1.807) is 50.8 Å². The second-order valence-electron chi connectivity index (χ2n) is 7.29. The molecular formula is C22H20ClN5O4S. The zero-order valence-corrected chi connectivity index (χ0v) is 19.5. The molecule has 2 aromatic heterocycles. The SMILES string of the molecule is COc1ccc(Cl)c2sc(N(CCCn3ccnc3)C(=O)c3ccc(C)c([N+](=O)[O-])c3)nc12. The van der Waals surface area contributed by atoms with Crippen LogP contribution in [0.25, 0.3) is 10.2 Å². The lowest BCUT2D eigenvalue weighted by atomic mass is 10.1. The number of amides is 1. The molecule has 0 saturated carbocycles. The van der Waals surface area contributed by atoms with Crippen LogP contribution >= 0.6 is 22.9 Å². The zero-order valence-electron chi connectivity index (χ0n) is 17.9. The smallest absolute Gasteiger partial charge is 0.273 e. The zero-order chi connectivity index (χ0) is 23.5. The summed E-state index contributed by atoms with van der Waals surface area (Å²) in [6.45, 7) is 2.63. The van der Waals surface area contributed by atoms with Gasteiger partial charge in [-0.3, -0.25) is 19.8 Å². The quantitative estimate of drug-likeness (QED) is 0.254. The molecule has 4 rings (SSSR count). The highest BCUT2D eigenvalue weighted by Crippen LogP contribution is 2.39. The van der Waals surface area contributed by atoms with Gasteiger partial charge in [-0.05, 0) is 31.5 Å². The Balaban J connectivity index is 1.72. The minimum absolute atomic E-state index is 0.103. The van der Waals surface area contributed by atoms with Crippen molar-refractivity contribution in [2.75, 3.05) is 18.6 Å². The normalized spacial score (nSPS) is 11.0. The first-order chi connectivity index (χ1) is 15.9. The molecule has 0 fully saturated rings.